The molecule has 0 heterocycles. The lowest BCUT2D eigenvalue weighted by atomic mass is 10.1. The zero-order chi connectivity index (χ0) is 17.1. The van der Waals surface area contributed by atoms with Crippen molar-refractivity contribution >= 4 is 29.9 Å². The molecule has 0 aliphatic heterocycles. The Morgan fingerprint density at radius 3 is 2.75 bits per heavy atom. The first-order valence-corrected chi connectivity index (χ1v) is 7.92. The third-order valence-corrected chi connectivity index (χ3v) is 3.14. The van der Waals surface area contributed by atoms with Crippen molar-refractivity contribution in [3.05, 3.63) is 29.3 Å². The number of aryl methyl sites for hydroxylation is 1. The molecule has 0 saturated heterocycles. The van der Waals surface area contributed by atoms with Crippen LogP contribution >= 0.6 is 24.0 Å². The molecule has 1 aromatic carbocycles. The van der Waals surface area contributed by atoms with Gasteiger partial charge in [0.25, 0.3) is 0 Å². The van der Waals surface area contributed by atoms with Crippen LogP contribution in [0.1, 0.15) is 25.0 Å². The Balaban J connectivity index is 0.00000529. The molecule has 1 atom stereocenters. The maximum atomic E-state index is 5.89. The number of aliphatic imine (C=N–C) groups is 1. The number of rotatable bonds is 10. The first-order valence-electron chi connectivity index (χ1n) is 7.92. The number of halogens is 1. The van der Waals surface area contributed by atoms with Crippen LogP contribution in [0.4, 0.5) is 0 Å². The van der Waals surface area contributed by atoms with Gasteiger partial charge in [0.15, 0.2) is 5.96 Å². The van der Waals surface area contributed by atoms with Gasteiger partial charge < -0.3 is 25.3 Å². The fourth-order valence-corrected chi connectivity index (χ4v) is 2.04. The average molecular weight is 451 g/mol. The van der Waals surface area contributed by atoms with Crippen molar-refractivity contribution in [2.45, 2.75) is 33.4 Å². The molecule has 3 N–H and O–H groups in total. The normalized spacial score (nSPS) is 12.4. The van der Waals surface area contributed by atoms with E-state index in [4.69, 9.17) is 19.9 Å². The summed E-state index contributed by atoms with van der Waals surface area (Å²) in [4.78, 5) is 4.37. The SMILES string of the molecule is CCOCCOc1cc(C)ccc1CN=C(N)NC(C)COC.I. The highest BCUT2D eigenvalue weighted by atomic mass is 127. The number of hydrogen-bond donors (Lipinski definition) is 2. The fourth-order valence-electron chi connectivity index (χ4n) is 2.04. The summed E-state index contributed by atoms with van der Waals surface area (Å²) in [5.74, 6) is 1.22. The highest BCUT2D eigenvalue weighted by molar-refractivity contribution is 14.0. The summed E-state index contributed by atoms with van der Waals surface area (Å²) in [6.07, 6.45) is 0. The summed E-state index contributed by atoms with van der Waals surface area (Å²) in [5, 5.41) is 3.08. The van der Waals surface area contributed by atoms with Gasteiger partial charge in [0.2, 0.25) is 0 Å². The summed E-state index contributed by atoms with van der Waals surface area (Å²) < 4.78 is 16.2. The van der Waals surface area contributed by atoms with Gasteiger partial charge in [0.1, 0.15) is 12.4 Å². The van der Waals surface area contributed by atoms with E-state index in [2.05, 4.69) is 10.3 Å². The van der Waals surface area contributed by atoms with Crippen molar-refractivity contribution in [1.29, 1.82) is 0 Å². The van der Waals surface area contributed by atoms with E-state index < -0.39 is 0 Å². The Morgan fingerprint density at radius 2 is 2.08 bits per heavy atom. The Hall–Kier alpha value is -1.06. The minimum absolute atomic E-state index is 0. The number of guanidine groups is 1. The van der Waals surface area contributed by atoms with Crippen molar-refractivity contribution in [3.8, 4) is 5.75 Å². The molecule has 1 rings (SSSR count). The van der Waals surface area contributed by atoms with E-state index in [-0.39, 0.29) is 30.0 Å². The molecule has 6 nitrogen and oxygen atoms in total. The van der Waals surface area contributed by atoms with Crippen LogP contribution in [0.25, 0.3) is 0 Å². The van der Waals surface area contributed by atoms with Gasteiger partial charge in [-0.15, -0.1) is 24.0 Å². The highest BCUT2D eigenvalue weighted by Gasteiger charge is 2.06. The molecule has 0 amide bonds. The van der Waals surface area contributed by atoms with Crippen LogP contribution in [0.2, 0.25) is 0 Å². The van der Waals surface area contributed by atoms with Crippen LogP contribution in [0, 0.1) is 6.92 Å². The third kappa shape index (κ3) is 9.29. The van der Waals surface area contributed by atoms with Gasteiger partial charge in [-0.1, -0.05) is 12.1 Å². The standard InChI is InChI=1S/C17H29N3O3.HI/c1-5-22-8-9-23-16-10-13(2)6-7-15(16)11-19-17(18)20-14(3)12-21-4;/h6-7,10,14H,5,8-9,11-12H2,1-4H3,(H3,18,19,20);1H. The lowest BCUT2D eigenvalue weighted by Gasteiger charge is -2.14. The van der Waals surface area contributed by atoms with Gasteiger partial charge in [0.05, 0.1) is 19.8 Å². The number of benzene rings is 1. The molecule has 0 bridgehead atoms. The average Bonchev–Trinajstić information content (AvgIpc) is 2.51. The van der Waals surface area contributed by atoms with E-state index in [1.54, 1.807) is 7.11 Å². The predicted octanol–water partition coefficient (Wildman–Crippen LogP) is 2.47. The monoisotopic (exact) mass is 451 g/mol. The van der Waals surface area contributed by atoms with Gasteiger partial charge in [0, 0.05) is 25.3 Å². The topological polar surface area (TPSA) is 78.1 Å². The smallest absolute Gasteiger partial charge is 0.189 e. The van der Waals surface area contributed by atoms with Crippen LogP contribution in [0.3, 0.4) is 0 Å². The van der Waals surface area contributed by atoms with E-state index in [1.165, 1.54) is 0 Å². The largest absolute Gasteiger partial charge is 0.491 e. The first-order chi connectivity index (χ1) is 11.1. The lowest BCUT2D eigenvalue weighted by molar-refractivity contribution is 0.110. The van der Waals surface area contributed by atoms with Crippen molar-refractivity contribution in [2.75, 3.05) is 33.5 Å². The summed E-state index contributed by atoms with van der Waals surface area (Å²) in [5.41, 5.74) is 8.03. The van der Waals surface area contributed by atoms with Crippen molar-refractivity contribution in [3.63, 3.8) is 0 Å². The number of nitrogens with one attached hydrogen (secondary N) is 1. The second-order valence-electron chi connectivity index (χ2n) is 5.36. The highest BCUT2D eigenvalue weighted by Crippen LogP contribution is 2.21. The Morgan fingerprint density at radius 1 is 1.33 bits per heavy atom. The van der Waals surface area contributed by atoms with Crippen LogP contribution < -0.4 is 15.8 Å². The maximum Gasteiger partial charge on any atom is 0.189 e. The van der Waals surface area contributed by atoms with Crippen LogP contribution in [0.15, 0.2) is 23.2 Å². The summed E-state index contributed by atoms with van der Waals surface area (Å²) in [6.45, 7) is 8.81. The van der Waals surface area contributed by atoms with Crippen molar-refractivity contribution < 1.29 is 14.2 Å². The van der Waals surface area contributed by atoms with Gasteiger partial charge in [-0.05, 0) is 32.4 Å². The van der Waals surface area contributed by atoms with E-state index in [0.717, 1.165) is 16.9 Å². The molecule has 0 aliphatic rings. The molecular formula is C17H30IN3O3. The molecule has 0 radical (unpaired) electrons. The van der Waals surface area contributed by atoms with Crippen LogP contribution in [0.5, 0.6) is 5.75 Å². The molecule has 0 aliphatic carbocycles. The fraction of sp³-hybridized carbons (Fsp3) is 0.588. The van der Waals surface area contributed by atoms with E-state index in [9.17, 15) is 0 Å². The molecule has 0 fully saturated rings. The van der Waals surface area contributed by atoms with E-state index in [1.807, 2.05) is 39.0 Å². The molecular weight excluding hydrogens is 421 g/mol. The second kappa shape index (κ2) is 13.3. The van der Waals surface area contributed by atoms with Crippen molar-refractivity contribution in [1.82, 2.24) is 5.32 Å². The van der Waals surface area contributed by atoms with Crippen molar-refractivity contribution in [2.24, 2.45) is 10.7 Å². The molecule has 0 spiro atoms. The number of hydrogen-bond acceptors (Lipinski definition) is 4. The molecule has 1 aromatic rings. The van der Waals surface area contributed by atoms with Crippen LogP contribution in [-0.2, 0) is 16.0 Å². The van der Waals surface area contributed by atoms with Gasteiger partial charge in [-0.2, -0.15) is 0 Å². The quantitative estimate of drug-likeness (QED) is 0.247. The van der Waals surface area contributed by atoms with E-state index >= 15 is 0 Å². The molecule has 0 saturated carbocycles. The maximum absolute atomic E-state index is 5.89. The van der Waals surface area contributed by atoms with Gasteiger partial charge >= 0.3 is 0 Å². The molecule has 138 valence electrons. The minimum atomic E-state index is 0. The van der Waals surface area contributed by atoms with Gasteiger partial charge in [-0.3, -0.25) is 0 Å². The number of methoxy groups -OCH3 is 1. The predicted molar refractivity (Wildman–Crippen MR) is 108 cm³/mol. The number of nitrogens with two attached hydrogens (primary N) is 1. The Labute approximate surface area is 162 Å². The minimum Gasteiger partial charge on any atom is -0.491 e. The Bertz CT molecular complexity index is 498. The molecule has 24 heavy (non-hydrogen) atoms. The molecule has 7 heteroatoms. The lowest BCUT2D eigenvalue weighted by Crippen LogP contribution is -2.40. The zero-order valence-corrected chi connectivity index (χ0v) is 17.3. The Kier molecular flexibility index (Phi) is 12.7. The van der Waals surface area contributed by atoms with E-state index in [0.29, 0.717) is 38.9 Å². The second-order valence-corrected chi connectivity index (χ2v) is 5.36. The number of nitrogens with zero attached hydrogens (tertiary/aromatic N) is 1. The summed E-state index contributed by atoms with van der Waals surface area (Å²) in [6, 6.07) is 6.18. The summed E-state index contributed by atoms with van der Waals surface area (Å²) >= 11 is 0. The zero-order valence-electron chi connectivity index (χ0n) is 15.0. The third-order valence-electron chi connectivity index (χ3n) is 3.14. The molecule has 1 unspecified atom stereocenters. The van der Waals surface area contributed by atoms with Gasteiger partial charge in [-0.25, -0.2) is 4.99 Å². The molecule has 0 aromatic heterocycles. The summed E-state index contributed by atoms with van der Waals surface area (Å²) in [7, 11) is 1.66. The van der Waals surface area contributed by atoms with Crippen LogP contribution in [-0.4, -0.2) is 45.5 Å². The number of ether oxygens (including phenoxy) is 3. The first kappa shape index (κ1) is 22.9.